The Labute approximate surface area is 154 Å². The predicted molar refractivity (Wildman–Crippen MR) is 94.7 cm³/mol. The van der Waals surface area contributed by atoms with Crippen LogP contribution in [0, 0.1) is 12.7 Å². The molecule has 0 atom stereocenters. The zero-order chi connectivity index (χ0) is 18.8. The zero-order valence-corrected chi connectivity index (χ0v) is 14.6. The predicted octanol–water partition coefficient (Wildman–Crippen LogP) is 3.38. The minimum atomic E-state index is -0.419. The fraction of sp³-hybridized carbons (Fsp3) is 0.200. The van der Waals surface area contributed by atoms with E-state index < -0.39 is 5.82 Å². The molecule has 6 nitrogen and oxygen atoms in total. The van der Waals surface area contributed by atoms with Crippen molar-refractivity contribution in [1.82, 2.24) is 10.3 Å². The molecule has 138 valence electrons. The number of hydrogen-bond acceptors (Lipinski definition) is 5. The van der Waals surface area contributed by atoms with E-state index >= 15 is 0 Å². The fourth-order valence-electron chi connectivity index (χ4n) is 2.81. The van der Waals surface area contributed by atoms with E-state index in [4.69, 9.17) is 13.9 Å². The van der Waals surface area contributed by atoms with Crippen molar-refractivity contribution >= 4 is 5.91 Å². The van der Waals surface area contributed by atoms with Crippen LogP contribution in [0.3, 0.4) is 0 Å². The minimum absolute atomic E-state index is 0.0499. The number of oxazole rings is 1. The summed E-state index contributed by atoms with van der Waals surface area (Å²) in [5.41, 5.74) is 1.65. The normalized spacial score (nSPS) is 12.2. The number of carbonyl (C=O) groups excluding carboxylic acids is 1. The number of nitrogens with one attached hydrogen (secondary N) is 1. The van der Waals surface area contributed by atoms with E-state index in [1.54, 1.807) is 25.1 Å². The van der Waals surface area contributed by atoms with Crippen LogP contribution in [0.5, 0.6) is 11.5 Å². The van der Waals surface area contributed by atoms with Crippen molar-refractivity contribution in [3.63, 3.8) is 0 Å². The first-order valence-corrected chi connectivity index (χ1v) is 8.46. The molecular formula is C20H17FN2O4. The number of hydrogen-bond donors (Lipinski definition) is 1. The van der Waals surface area contributed by atoms with Gasteiger partial charge in [0, 0.05) is 6.54 Å². The lowest BCUT2D eigenvalue weighted by Crippen LogP contribution is -2.24. The standard InChI is InChI=1S/C20H17FN2O4/c1-12-16(23-20(27-12)14-4-2-3-5-15(14)21)9-19(24)22-10-13-6-7-17-18(8-13)26-11-25-17/h2-8H,9-11H2,1H3,(H,22,24). The van der Waals surface area contributed by atoms with Gasteiger partial charge in [0.1, 0.15) is 11.6 Å². The van der Waals surface area contributed by atoms with Crippen LogP contribution in [-0.2, 0) is 17.8 Å². The molecule has 0 fully saturated rings. The second-order valence-corrected chi connectivity index (χ2v) is 6.14. The summed E-state index contributed by atoms with van der Waals surface area (Å²) >= 11 is 0. The molecule has 0 saturated carbocycles. The van der Waals surface area contributed by atoms with Crippen molar-refractivity contribution in [2.75, 3.05) is 6.79 Å². The number of benzene rings is 2. The Kier molecular flexibility index (Phi) is 4.50. The van der Waals surface area contributed by atoms with E-state index in [0.29, 0.717) is 29.5 Å². The van der Waals surface area contributed by atoms with Crippen molar-refractivity contribution in [1.29, 1.82) is 0 Å². The van der Waals surface area contributed by atoms with Gasteiger partial charge in [0.15, 0.2) is 11.5 Å². The van der Waals surface area contributed by atoms with Gasteiger partial charge < -0.3 is 19.2 Å². The number of rotatable bonds is 5. The van der Waals surface area contributed by atoms with Crippen molar-refractivity contribution in [3.8, 4) is 23.0 Å². The number of aromatic nitrogens is 1. The number of aryl methyl sites for hydroxylation is 1. The molecule has 1 N–H and O–H groups in total. The summed E-state index contributed by atoms with van der Waals surface area (Å²) in [5.74, 6) is 1.41. The highest BCUT2D eigenvalue weighted by Gasteiger charge is 2.17. The maximum atomic E-state index is 13.9. The summed E-state index contributed by atoms with van der Waals surface area (Å²) in [5, 5.41) is 2.84. The Bertz CT molecular complexity index is 999. The third kappa shape index (κ3) is 3.62. The van der Waals surface area contributed by atoms with Gasteiger partial charge in [0.05, 0.1) is 17.7 Å². The summed E-state index contributed by atoms with van der Waals surface area (Å²) in [6, 6.07) is 11.7. The molecule has 0 aliphatic carbocycles. The molecule has 2 heterocycles. The molecule has 2 aromatic carbocycles. The molecule has 4 rings (SSSR count). The summed E-state index contributed by atoms with van der Waals surface area (Å²) in [6.07, 6.45) is 0.0499. The van der Waals surface area contributed by atoms with Gasteiger partial charge in [-0.2, -0.15) is 0 Å². The van der Waals surface area contributed by atoms with Crippen LogP contribution in [-0.4, -0.2) is 17.7 Å². The van der Waals surface area contributed by atoms with Crippen molar-refractivity contribution in [2.45, 2.75) is 19.9 Å². The Hall–Kier alpha value is -3.35. The van der Waals surface area contributed by atoms with Crippen LogP contribution in [0.25, 0.3) is 11.5 Å². The van der Waals surface area contributed by atoms with Crippen LogP contribution >= 0.6 is 0 Å². The van der Waals surface area contributed by atoms with E-state index in [2.05, 4.69) is 10.3 Å². The Morgan fingerprint density at radius 1 is 1.19 bits per heavy atom. The number of nitrogens with zero attached hydrogens (tertiary/aromatic N) is 1. The Morgan fingerprint density at radius 2 is 2.00 bits per heavy atom. The topological polar surface area (TPSA) is 73.6 Å². The van der Waals surface area contributed by atoms with E-state index in [-0.39, 0.29) is 30.6 Å². The lowest BCUT2D eigenvalue weighted by atomic mass is 10.2. The molecule has 0 unspecified atom stereocenters. The molecule has 7 heteroatoms. The van der Waals surface area contributed by atoms with Crippen LogP contribution in [0.15, 0.2) is 46.9 Å². The van der Waals surface area contributed by atoms with Crippen molar-refractivity contribution < 1.29 is 23.1 Å². The first-order chi connectivity index (χ1) is 13.1. The number of fused-ring (bicyclic) bond motifs is 1. The Morgan fingerprint density at radius 3 is 2.85 bits per heavy atom. The third-order valence-corrected chi connectivity index (χ3v) is 4.25. The van der Waals surface area contributed by atoms with E-state index in [1.807, 2.05) is 18.2 Å². The Balaban J connectivity index is 1.40. The smallest absolute Gasteiger partial charge is 0.231 e. The van der Waals surface area contributed by atoms with Crippen LogP contribution in [0.4, 0.5) is 4.39 Å². The van der Waals surface area contributed by atoms with Gasteiger partial charge in [-0.15, -0.1) is 0 Å². The highest BCUT2D eigenvalue weighted by Crippen LogP contribution is 2.32. The van der Waals surface area contributed by atoms with Gasteiger partial charge in [-0.25, -0.2) is 9.37 Å². The van der Waals surface area contributed by atoms with E-state index in [0.717, 1.165) is 5.56 Å². The molecule has 3 aromatic rings. The van der Waals surface area contributed by atoms with Gasteiger partial charge in [-0.1, -0.05) is 18.2 Å². The summed E-state index contributed by atoms with van der Waals surface area (Å²) < 4.78 is 30.0. The molecule has 1 aromatic heterocycles. The second-order valence-electron chi connectivity index (χ2n) is 6.14. The maximum Gasteiger partial charge on any atom is 0.231 e. The summed E-state index contributed by atoms with van der Waals surface area (Å²) in [4.78, 5) is 16.5. The average molecular weight is 368 g/mol. The third-order valence-electron chi connectivity index (χ3n) is 4.25. The van der Waals surface area contributed by atoms with Gasteiger partial charge in [0.2, 0.25) is 18.6 Å². The molecular weight excluding hydrogens is 351 g/mol. The fourth-order valence-corrected chi connectivity index (χ4v) is 2.81. The minimum Gasteiger partial charge on any atom is -0.454 e. The molecule has 0 spiro atoms. The first-order valence-electron chi connectivity index (χ1n) is 8.46. The largest absolute Gasteiger partial charge is 0.454 e. The summed E-state index contributed by atoms with van der Waals surface area (Å²) in [7, 11) is 0. The number of halogens is 1. The molecule has 0 radical (unpaired) electrons. The first kappa shape index (κ1) is 17.1. The van der Waals surface area contributed by atoms with Crippen LogP contribution < -0.4 is 14.8 Å². The lowest BCUT2D eigenvalue weighted by molar-refractivity contribution is -0.120. The van der Waals surface area contributed by atoms with Crippen molar-refractivity contribution in [2.24, 2.45) is 0 Å². The molecule has 1 aliphatic heterocycles. The molecule has 1 aliphatic rings. The SMILES string of the molecule is Cc1oc(-c2ccccc2F)nc1CC(=O)NCc1ccc2c(c1)OCO2. The zero-order valence-electron chi connectivity index (χ0n) is 14.6. The average Bonchev–Trinajstić information content (AvgIpc) is 3.27. The highest BCUT2D eigenvalue weighted by atomic mass is 19.1. The number of carbonyl (C=O) groups is 1. The van der Waals surface area contributed by atoms with Gasteiger partial charge in [0.25, 0.3) is 0 Å². The van der Waals surface area contributed by atoms with Crippen molar-refractivity contribution in [3.05, 3.63) is 65.3 Å². The van der Waals surface area contributed by atoms with Crippen LogP contribution in [0.1, 0.15) is 17.0 Å². The molecule has 0 bridgehead atoms. The molecule has 0 saturated heterocycles. The monoisotopic (exact) mass is 368 g/mol. The lowest BCUT2D eigenvalue weighted by Gasteiger charge is -2.05. The van der Waals surface area contributed by atoms with Gasteiger partial charge >= 0.3 is 0 Å². The summed E-state index contributed by atoms with van der Waals surface area (Å²) in [6.45, 7) is 2.27. The molecule has 1 amide bonds. The highest BCUT2D eigenvalue weighted by molar-refractivity contribution is 5.78. The quantitative estimate of drug-likeness (QED) is 0.747. The van der Waals surface area contributed by atoms with E-state index in [1.165, 1.54) is 6.07 Å². The second kappa shape index (κ2) is 7.11. The maximum absolute atomic E-state index is 13.9. The van der Waals surface area contributed by atoms with E-state index in [9.17, 15) is 9.18 Å². The number of ether oxygens (including phenoxy) is 2. The van der Waals surface area contributed by atoms with Gasteiger partial charge in [-0.3, -0.25) is 4.79 Å². The van der Waals surface area contributed by atoms with Gasteiger partial charge in [-0.05, 0) is 36.8 Å². The van der Waals surface area contributed by atoms with Crippen LogP contribution in [0.2, 0.25) is 0 Å². The number of amides is 1. The molecule has 27 heavy (non-hydrogen) atoms.